The minimum atomic E-state index is 0.776. The summed E-state index contributed by atoms with van der Waals surface area (Å²) in [4.78, 5) is 4.81. The smallest absolute Gasteiger partial charge is 0.109 e. The lowest BCUT2D eigenvalue weighted by Gasteiger charge is -2.03. The second-order valence-corrected chi connectivity index (χ2v) is 5.70. The molecule has 1 aromatic heterocycles. The van der Waals surface area contributed by atoms with E-state index in [-0.39, 0.29) is 0 Å². The van der Waals surface area contributed by atoms with Crippen LogP contribution in [0.3, 0.4) is 0 Å². The highest BCUT2D eigenvalue weighted by molar-refractivity contribution is 6.30. The standard InChI is InChI=1S/C16H19ClN2/c17-14-9-7-13(8-10-14)15-12-19-11-5-3-1-2-4-6-16(19)18-15/h7-10,12H,1-6,11H2. The maximum atomic E-state index is 5.94. The van der Waals surface area contributed by atoms with E-state index in [9.17, 15) is 0 Å². The lowest BCUT2D eigenvalue weighted by atomic mass is 10.1. The highest BCUT2D eigenvalue weighted by Crippen LogP contribution is 2.23. The lowest BCUT2D eigenvalue weighted by Crippen LogP contribution is -2.01. The van der Waals surface area contributed by atoms with Crippen LogP contribution in [-0.4, -0.2) is 9.55 Å². The van der Waals surface area contributed by atoms with Gasteiger partial charge in [-0.15, -0.1) is 0 Å². The second kappa shape index (κ2) is 5.79. The van der Waals surface area contributed by atoms with Gasteiger partial charge in [0.25, 0.3) is 0 Å². The zero-order valence-electron chi connectivity index (χ0n) is 11.1. The van der Waals surface area contributed by atoms with Crippen molar-refractivity contribution in [2.75, 3.05) is 0 Å². The minimum absolute atomic E-state index is 0.776. The first kappa shape index (κ1) is 12.7. The van der Waals surface area contributed by atoms with Crippen molar-refractivity contribution in [3.63, 3.8) is 0 Å². The van der Waals surface area contributed by atoms with Gasteiger partial charge >= 0.3 is 0 Å². The number of aromatic nitrogens is 2. The van der Waals surface area contributed by atoms with Crippen LogP contribution >= 0.6 is 11.6 Å². The molecule has 0 bridgehead atoms. The molecule has 19 heavy (non-hydrogen) atoms. The van der Waals surface area contributed by atoms with Crippen LogP contribution in [0.15, 0.2) is 30.5 Å². The van der Waals surface area contributed by atoms with Crippen molar-refractivity contribution < 1.29 is 0 Å². The Labute approximate surface area is 119 Å². The van der Waals surface area contributed by atoms with Gasteiger partial charge in [-0.1, -0.05) is 43.0 Å². The van der Waals surface area contributed by atoms with Crippen molar-refractivity contribution in [3.8, 4) is 11.3 Å². The molecule has 0 amide bonds. The molecule has 0 fully saturated rings. The van der Waals surface area contributed by atoms with Gasteiger partial charge in [0.05, 0.1) is 5.69 Å². The van der Waals surface area contributed by atoms with Gasteiger partial charge in [-0.05, 0) is 25.0 Å². The summed E-state index contributed by atoms with van der Waals surface area (Å²) < 4.78 is 2.34. The van der Waals surface area contributed by atoms with E-state index in [1.54, 1.807) is 0 Å². The summed E-state index contributed by atoms with van der Waals surface area (Å²) in [5.74, 6) is 1.24. The highest BCUT2D eigenvalue weighted by atomic mass is 35.5. The third-order valence-electron chi connectivity index (χ3n) is 3.80. The van der Waals surface area contributed by atoms with Gasteiger partial charge < -0.3 is 4.57 Å². The zero-order chi connectivity index (χ0) is 13.1. The van der Waals surface area contributed by atoms with Crippen LogP contribution in [-0.2, 0) is 13.0 Å². The van der Waals surface area contributed by atoms with Crippen molar-refractivity contribution in [1.82, 2.24) is 9.55 Å². The van der Waals surface area contributed by atoms with E-state index >= 15 is 0 Å². The van der Waals surface area contributed by atoms with Gasteiger partial charge in [0, 0.05) is 29.7 Å². The van der Waals surface area contributed by atoms with Crippen LogP contribution in [0.25, 0.3) is 11.3 Å². The van der Waals surface area contributed by atoms with E-state index in [0.29, 0.717) is 0 Å². The fourth-order valence-corrected chi connectivity index (χ4v) is 2.83. The highest BCUT2D eigenvalue weighted by Gasteiger charge is 2.10. The van der Waals surface area contributed by atoms with Crippen molar-refractivity contribution in [2.45, 2.75) is 45.1 Å². The van der Waals surface area contributed by atoms with E-state index in [4.69, 9.17) is 16.6 Å². The van der Waals surface area contributed by atoms with Crippen LogP contribution in [0.4, 0.5) is 0 Å². The van der Waals surface area contributed by atoms with Crippen LogP contribution in [0.5, 0.6) is 0 Å². The largest absolute Gasteiger partial charge is 0.334 e. The number of hydrogen-bond donors (Lipinski definition) is 0. The Bertz CT molecular complexity index is 517. The molecule has 2 aromatic rings. The predicted octanol–water partition coefficient (Wildman–Crippen LogP) is 4.71. The van der Waals surface area contributed by atoms with Crippen molar-refractivity contribution >= 4 is 11.6 Å². The predicted molar refractivity (Wildman–Crippen MR) is 79.5 cm³/mol. The molecule has 1 aliphatic heterocycles. The Kier molecular flexibility index (Phi) is 3.88. The summed E-state index contributed by atoms with van der Waals surface area (Å²) in [5, 5.41) is 0.776. The Morgan fingerprint density at radius 3 is 2.53 bits per heavy atom. The molecule has 100 valence electrons. The molecule has 0 spiro atoms. The number of halogens is 1. The number of fused-ring (bicyclic) bond motifs is 1. The van der Waals surface area contributed by atoms with Gasteiger partial charge in [-0.3, -0.25) is 0 Å². The molecule has 0 aliphatic carbocycles. The molecular weight excluding hydrogens is 256 g/mol. The summed E-state index contributed by atoms with van der Waals surface area (Å²) in [6.45, 7) is 1.11. The van der Waals surface area contributed by atoms with E-state index in [1.165, 1.54) is 37.9 Å². The Hall–Kier alpha value is -1.28. The Morgan fingerprint density at radius 2 is 1.68 bits per heavy atom. The van der Waals surface area contributed by atoms with Crippen LogP contribution in [0.1, 0.15) is 37.9 Å². The number of benzene rings is 1. The first-order valence-corrected chi connectivity index (χ1v) is 7.53. The normalized spacial score (nSPS) is 16.3. The molecule has 2 heterocycles. The van der Waals surface area contributed by atoms with Crippen LogP contribution < -0.4 is 0 Å². The molecule has 3 rings (SSSR count). The molecule has 0 saturated heterocycles. The summed E-state index contributed by atoms with van der Waals surface area (Å²) in [6, 6.07) is 7.95. The first-order chi connectivity index (χ1) is 9.33. The second-order valence-electron chi connectivity index (χ2n) is 5.26. The molecule has 1 aliphatic rings. The van der Waals surface area contributed by atoms with Gasteiger partial charge in [-0.2, -0.15) is 0 Å². The molecular formula is C16H19ClN2. The molecule has 0 radical (unpaired) electrons. The molecule has 0 saturated carbocycles. The SMILES string of the molecule is Clc1ccc(-c2cn3c(n2)CCCCCCC3)cc1. The third-order valence-corrected chi connectivity index (χ3v) is 4.05. The quantitative estimate of drug-likeness (QED) is 0.736. The van der Waals surface area contributed by atoms with Crippen molar-refractivity contribution in [3.05, 3.63) is 41.3 Å². The molecule has 2 nitrogen and oxygen atoms in total. The van der Waals surface area contributed by atoms with Gasteiger partial charge in [0.2, 0.25) is 0 Å². The lowest BCUT2D eigenvalue weighted by molar-refractivity contribution is 0.585. The zero-order valence-corrected chi connectivity index (χ0v) is 11.9. The number of hydrogen-bond acceptors (Lipinski definition) is 1. The summed E-state index contributed by atoms with van der Waals surface area (Å²) in [6.07, 6.45) is 9.88. The number of rotatable bonds is 1. The van der Waals surface area contributed by atoms with E-state index in [1.807, 2.05) is 24.3 Å². The van der Waals surface area contributed by atoms with Crippen molar-refractivity contribution in [2.24, 2.45) is 0 Å². The number of aryl methyl sites for hydroxylation is 2. The Morgan fingerprint density at radius 1 is 0.947 bits per heavy atom. The topological polar surface area (TPSA) is 17.8 Å². The molecule has 3 heteroatoms. The van der Waals surface area contributed by atoms with E-state index < -0.39 is 0 Å². The molecule has 0 N–H and O–H groups in total. The Balaban J connectivity index is 1.89. The summed E-state index contributed by atoms with van der Waals surface area (Å²) >= 11 is 5.94. The fraction of sp³-hybridized carbons (Fsp3) is 0.438. The van der Waals surface area contributed by atoms with E-state index in [2.05, 4.69) is 10.8 Å². The summed E-state index contributed by atoms with van der Waals surface area (Å²) in [7, 11) is 0. The third kappa shape index (κ3) is 3.01. The monoisotopic (exact) mass is 274 g/mol. The molecule has 0 unspecified atom stereocenters. The molecule has 1 aromatic carbocycles. The fourth-order valence-electron chi connectivity index (χ4n) is 2.70. The maximum absolute atomic E-state index is 5.94. The first-order valence-electron chi connectivity index (χ1n) is 7.15. The van der Waals surface area contributed by atoms with Gasteiger partial charge in [0.15, 0.2) is 0 Å². The molecule has 0 atom stereocenters. The average molecular weight is 275 g/mol. The summed E-state index contributed by atoms with van der Waals surface area (Å²) in [5.41, 5.74) is 2.23. The average Bonchev–Trinajstić information content (AvgIpc) is 2.84. The number of imidazole rings is 1. The van der Waals surface area contributed by atoms with Gasteiger partial charge in [-0.25, -0.2) is 4.98 Å². The van der Waals surface area contributed by atoms with E-state index in [0.717, 1.165) is 29.2 Å². The van der Waals surface area contributed by atoms with Crippen molar-refractivity contribution in [1.29, 1.82) is 0 Å². The number of nitrogens with zero attached hydrogens (tertiary/aromatic N) is 2. The minimum Gasteiger partial charge on any atom is -0.334 e. The van der Waals surface area contributed by atoms with Crippen LogP contribution in [0, 0.1) is 0 Å². The van der Waals surface area contributed by atoms with Gasteiger partial charge in [0.1, 0.15) is 5.82 Å². The maximum Gasteiger partial charge on any atom is 0.109 e. The van der Waals surface area contributed by atoms with Crippen LogP contribution in [0.2, 0.25) is 5.02 Å².